The quantitative estimate of drug-likeness (QED) is 0.435. The predicted octanol–water partition coefficient (Wildman–Crippen LogP) is 2.66. The molecule has 1 rings (SSSR count). The molecule has 0 fully saturated rings. The van der Waals surface area contributed by atoms with Crippen molar-refractivity contribution in [1.82, 2.24) is 0 Å². The van der Waals surface area contributed by atoms with Crippen LogP contribution >= 0.6 is 0 Å². The summed E-state index contributed by atoms with van der Waals surface area (Å²) < 4.78 is 27.6. The zero-order chi connectivity index (χ0) is 18.7. The van der Waals surface area contributed by atoms with E-state index in [0.717, 1.165) is 0 Å². The van der Waals surface area contributed by atoms with E-state index in [-0.39, 0.29) is 12.7 Å². The monoisotopic (exact) mass is 346 g/mol. The molecule has 0 aliphatic heterocycles. The summed E-state index contributed by atoms with van der Waals surface area (Å²) in [5.41, 5.74) is 0. The van der Waals surface area contributed by atoms with Gasteiger partial charge < -0.3 is 27.8 Å². The highest BCUT2D eigenvalue weighted by atomic mass is 16.8. The van der Waals surface area contributed by atoms with Crippen LogP contribution in [0.1, 0.15) is 39.2 Å². The van der Waals surface area contributed by atoms with Gasteiger partial charge in [-0.2, -0.15) is 0 Å². The van der Waals surface area contributed by atoms with Gasteiger partial charge in [-0.25, -0.2) is 9.59 Å². The molecule has 0 atom stereocenters. The van der Waals surface area contributed by atoms with E-state index in [4.69, 9.17) is 4.74 Å². The first-order chi connectivity index (χ1) is 11.1. The second-order valence-corrected chi connectivity index (χ2v) is 4.74. The Balaban J connectivity index is 0.000000441. The van der Waals surface area contributed by atoms with E-state index in [1.54, 1.807) is 27.7 Å². The fraction of sp³-hybridized carbons (Fsp3) is 0.533. The molecule has 0 aliphatic carbocycles. The lowest BCUT2D eigenvalue weighted by Crippen LogP contribution is -2.15. The Kier molecular flexibility index (Phi) is 9.69. The van der Waals surface area contributed by atoms with Gasteiger partial charge >= 0.3 is 17.9 Å². The van der Waals surface area contributed by atoms with Gasteiger partial charge in [-0.3, -0.25) is 4.79 Å². The molecule has 0 aliphatic rings. The van der Waals surface area contributed by atoms with Crippen LogP contribution in [0.15, 0.2) is 26.0 Å². The number of aryl methyl sites for hydroxylation is 1. The molecule has 1 aromatic heterocycles. The summed E-state index contributed by atoms with van der Waals surface area (Å²) in [4.78, 5) is 31.3. The van der Waals surface area contributed by atoms with Gasteiger partial charge in [0, 0.05) is 6.92 Å². The minimum absolute atomic E-state index is 0.187. The fourth-order valence-corrected chi connectivity index (χ4v) is 1.08. The minimum Gasteiger partial charge on any atom is -0.491 e. The summed E-state index contributed by atoms with van der Waals surface area (Å²) >= 11 is 0. The number of esters is 1. The maximum atomic E-state index is 10.6. The Hall–Kier alpha value is -2.71. The lowest BCUT2D eigenvalue weighted by atomic mass is 10.4. The Bertz CT molecular complexity index is 594. The number of carbonyl (C=O) groups excluding carboxylic acids is 2. The number of hydrogen-bond acceptors (Lipinski definition) is 9. The van der Waals surface area contributed by atoms with Crippen molar-refractivity contribution in [2.24, 2.45) is 0 Å². The Morgan fingerprint density at radius 1 is 1.12 bits per heavy atom. The number of ether oxygens (including phenoxy) is 4. The van der Waals surface area contributed by atoms with Crippen molar-refractivity contribution in [1.29, 1.82) is 0 Å². The molecule has 0 bridgehead atoms. The van der Waals surface area contributed by atoms with Crippen molar-refractivity contribution in [2.75, 3.05) is 6.79 Å². The van der Waals surface area contributed by atoms with Crippen molar-refractivity contribution in [3.63, 3.8) is 0 Å². The molecule has 0 radical (unpaired) electrons. The Morgan fingerprint density at radius 3 is 2.17 bits per heavy atom. The summed E-state index contributed by atoms with van der Waals surface area (Å²) in [6, 6.07) is 0. The molecular weight excluding hydrogens is 324 g/mol. The molecule has 9 heteroatoms. The molecule has 0 spiro atoms. The summed E-state index contributed by atoms with van der Waals surface area (Å²) in [5, 5.41) is 0. The average Bonchev–Trinajstić information content (AvgIpc) is 2.74. The lowest BCUT2D eigenvalue weighted by Gasteiger charge is -2.07. The number of rotatable bonds is 6. The van der Waals surface area contributed by atoms with Crippen LogP contribution in [0.5, 0.6) is 0 Å². The highest BCUT2D eigenvalue weighted by molar-refractivity contribution is 5.66. The average molecular weight is 346 g/mol. The van der Waals surface area contributed by atoms with Gasteiger partial charge in [0.05, 0.1) is 11.9 Å². The van der Waals surface area contributed by atoms with Crippen LogP contribution in [0.3, 0.4) is 0 Å². The molecule has 136 valence electrons. The van der Waals surface area contributed by atoms with Crippen LogP contribution in [0.2, 0.25) is 0 Å². The topological polar surface area (TPSA) is 114 Å². The standard InChI is InChI=1S/C8H10O4.C7H12O5/c1-5(2)10-4-7-6(3)11-8(9)12-7;1-5(2)12-7(9)11-4-10-6(3)8/h1,4H2,2-3H3;5H,4H2,1-3H3. The van der Waals surface area contributed by atoms with Gasteiger partial charge in [-0.15, -0.1) is 0 Å². The molecule has 0 saturated heterocycles. The summed E-state index contributed by atoms with van der Waals surface area (Å²) in [7, 11) is 0. The van der Waals surface area contributed by atoms with E-state index in [1.807, 2.05) is 0 Å². The third kappa shape index (κ3) is 10.9. The van der Waals surface area contributed by atoms with Gasteiger partial charge in [0.25, 0.3) is 0 Å². The van der Waals surface area contributed by atoms with Crippen LogP contribution in [0.4, 0.5) is 4.79 Å². The van der Waals surface area contributed by atoms with Gasteiger partial charge in [-0.05, 0) is 27.7 Å². The van der Waals surface area contributed by atoms with E-state index in [1.165, 1.54) is 6.92 Å². The molecule has 0 saturated carbocycles. The van der Waals surface area contributed by atoms with Gasteiger partial charge in [0.15, 0.2) is 11.5 Å². The maximum Gasteiger partial charge on any atom is 0.519 e. The van der Waals surface area contributed by atoms with Gasteiger partial charge in [0.2, 0.25) is 6.79 Å². The van der Waals surface area contributed by atoms with E-state index in [9.17, 15) is 14.4 Å². The van der Waals surface area contributed by atoms with Crippen molar-refractivity contribution >= 4 is 12.1 Å². The number of hydrogen-bond donors (Lipinski definition) is 0. The highest BCUT2D eigenvalue weighted by Crippen LogP contribution is 2.07. The molecule has 1 aromatic rings. The van der Waals surface area contributed by atoms with Crippen LogP contribution < -0.4 is 5.82 Å². The van der Waals surface area contributed by atoms with Crippen molar-refractivity contribution in [2.45, 2.75) is 47.3 Å². The van der Waals surface area contributed by atoms with Crippen LogP contribution in [-0.2, 0) is 30.3 Å². The first-order valence-corrected chi connectivity index (χ1v) is 6.96. The molecule has 0 aromatic carbocycles. The second-order valence-electron chi connectivity index (χ2n) is 4.74. The largest absolute Gasteiger partial charge is 0.519 e. The molecular formula is C15H22O9. The van der Waals surface area contributed by atoms with Crippen molar-refractivity contribution in [3.8, 4) is 0 Å². The molecule has 1 heterocycles. The zero-order valence-electron chi connectivity index (χ0n) is 14.4. The van der Waals surface area contributed by atoms with Crippen LogP contribution in [0, 0.1) is 6.92 Å². The van der Waals surface area contributed by atoms with Crippen molar-refractivity contribution < 1.29 is 37.4 Å². The number of allylic oxidation sites excluding steroid dienone is 1. The Labute approximate surface area is 139 Å². The predicted molar refractivity (Wildman–Crippen MR) is 80.9 cm³/mol. The molecule has 0 unspecified atom stereocenters. The van der Waals surface area contributed by atoms with Crippen LogP contribution in [-0.4, -0.2) is 25.0 Å². The zero-order valence-corrected chi connectivity index (χ0v) is 14.4. The Morgan fingerprint density at radius 2 is 1.75 bits per heavy atom. The van der Waals surface area contributed by atoms with E-state index >= 15 is 0 Å². The first kappa shape index (κ1) is 21.3. The van der Waals surface area contributed by atoms with E-state index in [0.29, 0.717) is 17.3 Å². The fourth-order valence-electron chi connectivity index (χ4n) is 1.08. The smallest absolute Gasteiger partial charge is 0.491 e. The van der Waals surface area contributed by atoms with Gasteiger partial charge in [0.1, 0.15) is 6.61 Å². The molecule has 9 nitrogen and oxygen atoms in total. The third-order valence-corrected chi connectivity index (χ3v) is 2.06. The normalized spacial score (nSPS) is 9.58. The first-order valence-electron chi connectivity index (χ1n) is 6.96. The summed E-state index contributed by atoms with van der Waals surface area (Å²) in [6.07, 6.45) is -1.08. The van der Waals surface area contributed by atoms with E-state index < -0.39 is 24.7 Å². The second kappa shape index (κ2) is 10.9. The molecule has 24 heavy (non-hydrogen) atoms. The van der Waals surface area contributed by atoms with E-state index in [2.05, 4.69) is 29.6 Å². The highest BCUT2D eigenvalue weighted by Gasteiger charge is 2.08. The summed E-state index contributed by atoms with van der Waals surface area (Å²) in [5.74, 6) is 0.211. The minimum atomic E-state index is -0.841. The molecule has 0 N–H and O–H groups in total. The number of carbonyl (C=O) groups is 2. The van der Waals surface area contributed by atoms with Crippen molar-refractivity contribution in [3.05, 3.63) is 34.5 Å². The van der Waals surface area contributed by atoms with Gasteiger partial charge in [-0.1, -0.05) is 6.58 Å². The molecule has 0 amide bonds. The maximum absolute atomic E-state index is 10.6. The SMILES string of the molecule is C=C(C)OCc1oc(=O)oc1C.CC(=O)OCOC(=O)OC(C)C. The van der Waals surface area contributed by atoms with Crippen LogP contribution in [0.25, 0.3) is 0 Å². The third-order valence-electron chi connectivity index (χ3n) is 2.06. The summed E-state index contributed by atoms with van der Waals surface area (Å²) in [6.45, 7) is 11.3. The lowest BCUT2D eigenvalue weighted by molar-refractivity contribution is -0.150.